The molecule has 12 atom stereocenters. The van der Waals surface area contributed by atoms with Crippen LogP contribution in [-0.4, -0.2) is 154 Å². The van der Waals surface area contributed by atoms with Crippen LogP contribution in [0.5, 0.6) is 0 Å². The molecule has 0 amide bonds. The SMILES string of the molecule is CCCCCCO[C@H](CO[C@@H]1O[C@H](CO)[C@@H](O)[C@H](O)[C@H]1O)[C@@H](CO[C@@H]1O[C@H](CO)[C@@H](O)[C@H](O)[C@H]1O)OCCCCCC. The summed E-state index contributed by atoms with van der Waals surface area (Å²) in [5, 5.41) is 80.3. The Kier molecular flexibility index (Phi) is 18.3. The second-order valence-corrected chi connectivity index (χ2v) is 11.0. The van der Waals surface area contributed by atoms with Crippen molar-refractivity contribution >= 4 is 0 Å². The van der Waals surface area contributed by atoms with Crippen LogP contribution >= 0.6 is 0 Å². The van der Waals surface area contributed by atoms with Crippen LogP contribution in [0.4, 0.5) is 0 Å². The number of rotatable bonds is 21. The Bertz CT molecular complexity index is 629. The average Bonchev–Trinajstić information content (AvgIpc) is 2.99. The van der Waals surface area contributed by atoms with E-state index < -0.39 is 86.8 Å². The molecule has 0 radical (unpaired) electrons. The van der Waals surface area contributed by atoms with E-state index in [1.807, 2.05) is 0 Å². The van der Waals surface area contributed by atoms with Crippen LogP contribution in [0, 0.1) is 0 Å². The molecular weight excluding hydrogens is 560 g/mol. The molecule has 2 heterocycles. The molecule has 8 N–H and O–H groups in total. The largest absolute Gasteiger partial charge is 0.394 e. The average molecular weight is 615 g/mol. The van der Waals surface area contributed by atoms with Gasteiger partial charge < -0.3 is 69.3 Å². The van der Waals surface area contributed by atoms with Crippen molar-refractivity contribution in [3.8, 4) is 0 Å². The standard InChI is InChI=1S/C28H54O14/c1-3-5-7-9-11-37-19(15-39-27-25(35)23(33)21(31)17(13-29)41-27)20(38-12-10-8-6-4-2)16-40-28-26(36)24(34)22(32)18(14-30)42-28/h17-36H,3-16H2,1-2H3/t17-,18-,19-,20-,21-,22-,23+,24+,25-,26-,27-,28-/m1/s1. The van der Waals surface area contributed by atoms with Gasteiger partial charge in [0, 0.05) is 13.2 Å². The van der Waals surface area contributed by atoms with E-state index in [0.29, 0.717) is 13.2 Å². The molecule has 250 valence electrons. The lowest BCUT2D eigenvalue weighted by Crippen LogP contribution is -2.60. The lowest BCUT2D eigenvalue weighted by molar-refractivity contribution is -0.315. The molecule has 42 heavy (non-hydrogen) atoms. The molecule has 0 aromatic carbocycles. The van der Waals surface area contributed by atoms with Gasteiger partial charge in [-0.25, -0.2) is 0 Å². The van der Waals surface area contributed by atoms with E-state index in [1.54, 1.807) is 0 Å². The van der Waals surface area contributed by atoms with E-state index >= 15 is 0 Å². The van der Waals surface area contributed by atoms with E-state index in [9.17, 15) is 40.9 Å². The van der Waals surface area contributed by atoms with Crippen LogP contribution in [0.1, 0.15) is 65.2 Å². The fourth-order valence-corrected chi connectivity index (χ4v) is 4.84. The number of aliphatic hydroxyl groups excluding tert-OH is 8. The van der Waals surface area contributed by atoms with Crippen molar-refractivity contribution in [3.05, 3.63) is 0 Å². The zero-order valence-corrected chi connectivity index (χ0v) is 24.9. The van der Waals surface area contributed by atoms with Crippen molar-refractivity contribution in [2.75, 3.05) is 39.6 Å². The molecule has 14 nitrogen and oxygen atoms in total. The van der Waals surface area contributed by atoms with Crippen molar-refractivity contribution in [2.24, 2.45) is 0 Å². The quantitative estimate of drug-likeness (QED) is 0.0694. The molecule has 2 rings (SSSR count). The highest BCUT2D eigenvalue weighted by Crippen LogP contribution is 2.25. The van der Waals surface area contributed by atoms with Crippen molar-refractivity contribution < 1.29 is 69.3 Å². The van der Waals surface area contributed by atoms with Gasteiger partial charge in [0.25, 0.3) is 0 Å². The Labute approximate surface area is 248 Å². The van der Waals surface area contributed by atoms with Gasteiger partial charge in [0.15, 0.2) is 12.6 Å². The summed E-state index contributed by atoms with van der Waals surface area (Å²) in [5.74, 6) is 0. The molecule has 2 aliphatic heterocycles. The first kappa shape index (κ1) is 37.6. The molecule has 0 bridgehead atoms. The molecular formula is C28H54O14. The predicted molar refractivity (Wildman–Crippen MR) is 147 cm³/mol. The third-order valence-corrected chi connectivity index (χ3v) is 7.62. The van der Waals surface area contributed by atoms with Gasteiger partial charge in [-0.2, -0.15) is 0 Å². The first-order chi connectivity index (χ1) is 20.2. The smallest absolute Gasteiger partial charge is 0.186 e. The third-order valence-electron chi connectivity index (χ3n) is 7.62. The van der Waals surface area contributed by atoms with Gasteiger partial charge in [-0.3, -0.25) is 0 Å². The summed E-state index contributed by atoms with van der Waals surface area (Å²) < 4.78 is 34.8. The number of unbranched alkanes of at least 4 members (excludes halogenated alkanes) is 6. The van der Waals surface area contributed by atoms with Gasteiger partial charge in [-0.05, 0) is 12.8 Å². The first-order valence-electron chi connectivity index (χ1n) is 15.3. The predicted octanol–water partition coefficient (Wildman–Crippen LogP) is -1.45. The molecule has 0 aromatic rings. The molecule has 2 aliphatic rings. The van der Waals surface area contributed by atoms with E-state index in [0.717, 1.165) is 51.4 Å². The molecule has 0 spiro atoms. The van der Waals surface area contributed by atoms with Crippen LogP contribution < -0.4 is 0 Å². The molecule has 14 heteroatoms. The third kappa shape index (κ3) is 11.4. The fraction of sp³-hybridized carbons (Fsp3) is 1.00. The van der Waals surface area contributed by atoms with Gasteiger partial charge in [-0.1, -0.05) is 52.4 Å². The molecule has 0 saturated carbocycles. The normalized spacial score (nSPS) is 35.3. The minimum atomic E-state index is -1.60. The van der Waals surface area contributed by atoms with E-state index in [2.05, 4.69) is 13.8 Å². The number of ether oxygens (including phenoxy) is 6. The lowest BCUT2D eigenvalue weighted by Gasteiger charge is -2.41. The minimum absolute atomic E-state index is 0.186. The summed E-state index contributed by atoms with van der Waals surface area (Å²) in [6, 6.07) is 0. The maximum absolute atomic E-state index is 10.4. The van der Waals surface area contributed by atoms with E-state index in [-0.39, 0.29) is 13.2 Å². The lowest BCUT2D eigenvalue weighted by atomic mass is 9.99. The fourth-order valence-electron chi connectivity index (χ4n) is 4.84. The van der Waals surface area contributed by atoms with Gasteiger partial charge in [0.2, 0.25) is 0 Å². The number of hydrogen-bond acceptors (Lipinski definition) is 14. The zero-order valence-electron chi connectivity index (χ0n) is 24.9. The highest BCUT2D eigenvalue weighted by atomic mass is 16.7. The van der Waals surface area contributed by atoms with Gasteiger partial charge >= 0.3 is 0 Å². The van der Waals surface area contributed by atoms with Crippen LogP contribution in [0.25, 0.3) is 0 Å². The molecule has 0 aliphatic carbocycles. The Morgan fingerprint density at radius 1 is 0.524 bits per heavy atom. The Morgan fingerprint density at radius 3 is 1.24 bits per heavy atom. The minimum Gasteiger partial charge on any atom is -0.394 e. The van der Waals surface area contributed by atoms with Crippen LogP contribution in [0.15, 0.2) is 0 Å². The van der Waals surface area contributed by atoms with Crippen LogP contribution in [0.2, 0.25) is 0 Å². The summed E-state index contributed by atoms with van der Waals surface area (Å²) >= 11 is 0. The van der Waals surface area contributed by atoms with E-state index in [1.165, 1.54) is 0 Å². The highest BCUT2D eigenvalue weighted by Gasteiger charge is 2.46. The second-order valence-electron chi connectivity index (χ2n) is 11.0. The summed E-state index contributed by atoms with van der Waals surface area (Å²) in [5.41, 5.74) is 0. The zero-order chi connectivity index (χ0) is 31.1. The molecule has 0 aromatic heterocycles. The highest BCUT2D eigenvalue weighted by molar-refractivity contribution is 4.90. The Hall–Kier alpha value is -0.560. The molecule has 0 unspecified atom stereocenters. The van der Waals surface area contributed by atoms with Crippen LogP contribution in [0.3, 0.4) is 0 Å². The van der Waals surface area contributed by atoms with Gasteiger partial charge in [-0.15, -0.1) is 0 Å². The van der Waals surface area contributed by atoms with Crippen molar-refractivity contribution in [2.45, 2.75) is 139 Å². The Morgan fingerprint density at radius 2 is 0.905 bits per heavy atom. The van der Waals surface area contributed by atoms with Crippen molar-refractivity contribution in [1.82, 2.24) is 0 Å². The summed E-state index contributed by atoms with van der Waals surface area (Å²) in [7, 11) is 0. The summed E-state index contributed by atoms with van der Waals surface area (Å²) in [6.45, 7) is 3.34. The maximum atomic E-state index is 10.4. The molecule has 2 saturated heterocycles. The number of aliphatic hydroxyl groups is 8. The van der Waals surface area contributed by atoms with Crippen molar-refractivity contribution in [1.29, 1.82) is 0 Å². The Balaban J connectivity index is 2.15. The van der Waals surface area contributed by atoms with E-state index in [4.69, 9.17) is 28.4 Å². The van der Waals surface area contributed by atoms with Gasteiger partial charge in [0.05, 0.1) is 26.4 Å². The summed E-state index contributed by atoms with van der Waals surface area (Å²) in [6.07, 6.45) is -8.45. The van der Waals surface area contributed by atoms with Crippen molar-refractivity contribution in [3.63, 3.8) is 0 Å². The van der Waals surface area contributed by atoms with Crippen LogP contribution in [-0.2, 0) is 28.4 Å². The maximum Gasteiger partial charge on any atom is 0.186 e. The van der Waals surface area contributed by atoms with Gasteiger partial charge in [0.1, 0.15) is 61.0 Å². The second kappa shape index (κ2) is 20.5. The number of hydrogen-bond donors (Lipinski definition) is 8. The monoisotopic (exact) mass is 614 g/mol. The first-order valence-corrected chi connectivity index (χ1v) is 15.3. The topological polar surface area (TPSA) is 217 Å². The summed E-state index contributed by atoms with van der Waals surface area (Å²) in [4.78, 5) is 0. The molecule has 2 fully saturated rings.